The summed E-state index contributed by atoms with van der Waals surface area (Å²) >= 11 is 2.03. The minimum absolute atomic E-state index is 0.108. The Morgan fingerprint density at radius 3 is 2.24 bits per heavy atom. The Bertz CT molecular complexity index is 560. The van der Waals surface area contributed by atoms with Crippen molar-refractivity contribution in [1.82, 2.24) is 0 Å². The smallest absolute Gasteiger partial charge is 0.123 e. The van der Waals surface area contributed by atoms with Crippen molar-refractivity contribution >= 4 is 27.6 Å². The summed E-state index contributed by atoms with van der Waals surface area (Å²) in [5.74, 6) is 2.90. The fourth-order valence-electron chi connectivity index (χ4n) is 2.87. The van der Waals surface area contributed by atoms with Crippen molar-refractivity contribution in [3.8, 4) is 11.5 Å². The highest BCUT2D eigenvalue weighted by molar-refractivity contribution is 8.34. The molecule has 1 aromatic rings. The molecule has 0 saturated heterocycles. The molecule has 0 N–H and O–H groups in total. The maximum atomic E-state index is 5.43. The fourth-order valence-corrected chi connectivity index (χ4v) is 7.01. The first kappa shape index (κ1) is 15.0. The van der Waals surface area contributed by atoms with Crippen molar-refractivity contribution in [1.29, 1.82) is 0 Å². The lowest BCUT2D eigenvalue weighted by molar-refractivity contribution is 0.392. The first-order valence-electron chi connectivity index (χ1n) is 7.46. The zero-order chi connectivity index (χ0) is 14.7. The minimum atomic E-state index is 0.108. The lowest BCUT2D eigenvalue weighted by Gasteiger charge is -2.19. The molecule has 1 fully saturated rings. The maximum absolute atomic E-state index is 5.43. The van der Waals surface area contributed by atoms with Gasteiger partial charge in [-0.3, -0.25) is 0 Å². The van der Waals surface area contributed by atoms with Crippen LogP contribution in [0.25, 0.3) is 0 Å². The van der Waals surface area contributed by atoms with E-state index in [0.29, 0.717) is 0 Å². The van der Waals surface area contributed by atoms with Gasteiger partial charge in [0.25, 0.3) is 0 Å². The monoisotopic (exact) mass is 322 g/mol. The molecule has 0 spiro atoms. The Morgan fingerprint density at radius 1 is 0.952 bits per heavy atom. The normalized spacial score (nSPS) is 22.1. The first-order chi connectivity index (χ1) is 10.3. The number of ether oxygens (including phenoxy) is 2. The van der Waals surface area contributed by atoms with Gasteiger partial charge in [-0.15, -0.1) is 22.2 Å². The van der Waals surface area contributed by atoms with Gasteiger partial charge in [-0.25, -0.2) is 0 Å². The van der Waals surface area contributed by atoms with Crippen molar-refractivity contribution in [2.75, 3.05) is 20.0 Å². The van der Waals surface area contributed by atoms with Crippen molar-refractivity contribution in [3.05, 3.63) is 28.0 Å². The summed E-state index contributed by atoms with van der Waals surface area (Å²) in [6.07, 6.45) is 6.70. The zero-order valence-electron chi connectivity index (χ0n) is 12.7. The van der Waals surface area contributed by atoms with E-state index < -0.39 is 0 Å². The summed E-state index contributed by atoms with van der Waals surface area (Å²) in [5.41, 5.74) is 1.70. The Hall–Kier alpha value is -0.870. The standard InChI is InChI=1S/C17H22O2S2/c1-18-14-10-15(19-2)12-16(11-14)21-9-8-20-17(21)13-6-4-3-5-7-13/h9-12H,3-8H2,1-2H3. The molecule has 1 atom stereocenters. The van der Waals surface area contributed by atoms with Crippen LogP contribution in [0.15, 0.2) is 32.9 Å². The van der Waals surface area contributed by atoms with Gasteiger partial charge in [-0.2, -0.15) is 0 Å². The van der Waals surface area contributed by atoms with E-state index in [1.807, 2.05) is 17.8 Å². The van der Waals surface area contributed by atoms with Gasteiger partial charge in [-0.1, -0.05) is 12.0 Å². The van der Waals surface area contributed by atoms with Gasteiger partial charge in [0.2, 0.25) is 0 Å². The molecule has 4 heteroatoms. The number of thioether (sulfide) groups is 1. The number of allylic oxidation sites excluding steroid dienone is 1. The fraction of sp³-hybridized carbons (Fsp3) is 0.471. The summed E-state index contributed by atoms with van der Waals surface area (Å²) in [6, 6.07) is 6.28. The average Bonchev–Trinajstić information content (AvgIpc) is 3.04. The van der Waals surface area contributed by atoms with E-state index in [2.05, 4.69) is 17.5 Å². The second-order valence-electron chi connectivity index (χ2n) is 5.32. The van der Waals surface area contributed by atoms with Crippen LogP contribution < -0.4 is 9.47 Å². The predicted molar refractivity (Wildman–Crippen MR) is 94.0 cm³/mol. The van der Waals surface area contributed by atoms with Gasteiger partial charge >= 0.3 is 0 Å². The molecule has 0 aromatic heterocycles. The van der Waals surface area contributed by atoms with E-state index >= 15 is 0 Å². The molecule has 1 aliphatic heterocycles. The topological polar surface area (TPSA) is 18.5 Å². The molecule has 1 heterocycles. The average molecular weight is 322 g/mol. The van der Waals surface area contributed by atoms with Crippen LogP contribution in [0, 0.1) is 0 Å². The number of hydrogen-bond acceptors (Lipinski definition) is 3. The molecule has 1 aliphatic carbocycles. The molecule has 1 aromatic carbocycles. The summed E-state index contributed by atoms with van der Waals surface area (Å²) in [4.78, 5) is 1.32. The summed E-state index contributed by atoms with van der Waals surface area (Å²) in [5, 5.41) is 2.45. The van der Waals surface area contributed by atoms with Crippen molar-refractivity contribution < 1.29 is 9.47 Å². The molecule has 1 unspecified atom stereocenters. The third kappa shape index (κ3) is 3.32. The van der Waals surface area contributed by atoms with E-state index in [-0.39, 0.29) is 10.5 Å². The van der Waals surface area contributed by atoms with Crippen molar-refractivity contribution in [2.24, 2.45) is 0 Å². The predicted octanol–water partition coefficient (Wildman–Crippen LogP) is 5.06. The van der Waals surface area contributed by atoms with E-state index in [1.54, 1.807) is 24.0 Å². The van der Waals surface area contributed by atoms with Gasteiger partial charge < -0.3 is 9.47 Å². The van der Waals surface area contributed by atoms with Gasteiger partial charge in [0.15, 0.2) is 0 Å². The van der Waals surface area contributed by atoms with Crippen LogP contribution in [-0.2, 0) is 0 Å². The van der Waals surface area contributed by atoms with Gasteiger partial charge in [0.05, 0.1) is 14.2 Å². The third-order valence-electron chi connectivity index (χ3n) is 3.97. The first-order valence-corrected chi connectivity index (χ1v) is 9.73. The molecule has 0 amide bonds. The molecule has 21 heavy (non-hydrogen) atoms. The molecule has 0 radical (unpaired) electrons. The quantitative estimate of drug-likeness (QED) is 0.725. The summed E-state index contributed by atoms with van der Waals surface area (Å²) in [6.45, 7) is 0. The Kier molecular flexibility index (Phi) is 4.96. The maximum Gasteiger partial charge on any atom is 0.123 e. The zero-order valence-corrected chi connectivity index (χ0v) is 14.3. The number of methoxy groups -OCH3 is 2. The van der Waals surface area contributed by atoms with Crippen LogP contribution in [0.4, 0.5) is 0 Å². The second kappa shape index (κ2) is 6.93. The number of benzene rings is 1. The van der Waals surface area contributed by atoms with E-state index in [1.165, 1.54) is 37.0 Å². The number of rotatable bonds is 3. The molecule has 114 valence electrons. The SMILES string of the molecule is COc1cc(OC)cc(S2=CCSC2=C2CCCCC2)c1. The molecular weight excluding hydrogens is 300 g/mol. The van der Waals surface area contributed by atoms with E-state index in [0.717, 1.165) is 17.3 Å². The lowest BCUT2D eigenvalue weighted by atomic mass is 9.96. The lowest BCUT2D eigenvalue weighted by Crippen LogP contribution is -1.96. The van der Waals surface area contributed by atoms with Crippen molar-refractivity contribution in [2.45, 2.75) is 37.0 Å². The molecule has 3 rings (SSSR count). The van der Waals surface area contributed by atoms with Crippen LogP contribution in [0.5, 0.6) is 11.5 Å². The van der Waals surface area contributed by atoms with E-state index in [9.17, 15) is 0 Å². The largest absolute Gasteiger partial charge is 0.497 e. The van der Waals surface area contributed by atoms with Crippen molar-refractivity contribution in [3.63, 3.8) is 0 Å². The van der Waals surface area contributed by atoms with E-state index in [4.69, 9.17) is 9.47 Å². The highest BCUT2D eigenvalue weighted by atomic mass is 32.2. The Labute approximate surface area is 133 Å². The third-order valence-corrected chi connectivity index (χ3v) is 7.89. The second-order valence-corrected chi connectivity index (χ2v) is 8.49. The highest BCUT2D eigenvalue weighted by Crippen LogP contribution is 2.51. The summed E-state index contributed by atoms with van der Waals surface area (Å²) < 4.78 is 12.5. The number of hydrogen-bond donors (Lipinski definition) is 0. The molecular formula is C17H22O2S2. The molecule has 2 aliphatic rings. The van der Waals surface area contributed by atoms with Crippen LogP contribution in [0.3, 0.4) is 0 Å². The Balaban J connectivity index is 1.98. The Morgan fingerprint density at radius 2 is 1.62 bits per heavy atom. The van der Waals surface area contributed by atoms with Crippen LogP contribution in [0.2, 0.25) is 0 Å². The molecule has 0 bridgehead atoms. The van der Waals surface area contributed by atoms with Gasteiger partial charge in [-0.05, 0) is 43.2 Å². The van der Waals surface area contributed by atoms with Crippen LogP contribution in [0.1, 0.15) is 32.1 Å². The van der Waals surface area contributed by atoms with Gasteiger partial charge in [0, 0.05) is 21.0 Å². The molecule has 1 saturated carbocycles. The van der Waals surface area contributed by atoms with Crippen LogP contribution >= 0.6 is 22.2 Å². The highest BCUT2D eigenvalue weighted by Gasteiger charge is 2.20. The van der Waals surface area contributed by atoms with Gasteiger partial charge in [0.1, 0.15) is 11.5 Å². The summed E-state index contributed by atoms with van der Waals surface area (Å²) in [7, 11) is 3.54. The minimum Gasteiger partial charge on any atom is -0.497 e. The molecule has 2 nitrogen and oxygen atoms in total. The van der Waals surface area contributed by atoms with Crippen LogP contribution in [-0.4, -0.2) is 25.3 Å².